The highest BCUT2D eigenvalue weighted by Gasteiger charge is 2.32. The monoisotopic (exact) mass is 452 g/mol. The van der Waals surface area contributed by atoms with Gasteiger partial charge in [0.15, 0.2) is 5.82 Å². The van der Waals surface area contributed by atoms with Crippen LogP contribution in [0.1, 0.15) is 0 Å². The SMILES string of the molecule is O=C1O[C@@H](CSc2cccs2)CN1c1ccc(-n2cc(-c3ccccn3)cn2)c(F)c1. The largest absolute Gasteiger partial charge is 0.443 e. The van der Waals surface area contributed by atoms with Crippen LogP contribution in [-0.2, 0) is 4.74 Å². The topological polar surface area (TPSA) is 60.2 Å². The molecule has 0 spiro atoms. The maximum absolute atomic E-state index is 14.9. The van der Waals surface area contributed by atoms with Crippen LogP contribution in [0.5, 0.6) is 0 Å². The number of hydrogen-bond acceptors (Lipinski definition) is 6. The Morgan fingerprint density at radius 3 is 2.94 bits per heavy atom. The van der Waals surface area contributed by atoms with Gasteiger partial charge in [0.2, 0.25) is 0 Å². The number of carbonyl (C=O) groups excluding carboxylic acids is 1. The molecule has 3 aromatic heterocycles. The van der Waals surface area contributed by atoms with Gasteiger partial charge in [-0.05, 0) is 41.8 Å². The van der Waals surface area contributed by atoms with Crippen LogP contribution in [-0.4, -0.2) is 39.3 Å². The van der Waals surface area contributed by atoms with Crippen molar-refractivity contribution in [2.45, 2.75) is 10.3 Å². The highest BCUT2D eigenvalue weighted by molar-refractivity contribution is 8.01. The van der Waals surface area contributed by atoms with E-state index in [1.165, 1.54) is 19.9 Å². The summed E-state index contributed by atoms with van der Waals surface area (Å²) in [5.74, 6) is 0.185. The van der Waals surface area contributed by atoms with Gasteiger partial charge in [-0.2, -0.15) is 5.10 Å². The van der Waals surface area contributed by atoms with Crippen LogP contribution < -0.4 is 4.90 Å². The molecule has 0 aliphatic carbocycles. The molecule has 0 radical (unpaired) electrons. The van der Waals surface area contributed by atoms with E-state index >= 15 is 0 Å². The van der Waals surface area contributed by atoms with E-state index in [1.54, 1.807) is 53.8 Å². The van der Waals surface area contributed by atoms with Gasteiger partial charge in [0, 0.05) is 23.7 Å². The quantitative estimate of drug-likeness (QED) is 0.374. The van der Waals surface area contributed by atoms with E-state index in [9.17, 15) is 9.18 Å². The Morgan fingerprint density at radius 1 is 1.23 bits per heavy atom. The van der Waals surface area contributed by atoms with Crippen molar-refractivity contribution in [1.82, 2.24) is 14.8 Å². The number of carbonyl (C=O) groups is 1. The van der Waals surface area contributed by atoms with Crippen molar-refractivity contribution in [2.75, 3.05) is 17.2 Å². The van der Waals surface area contributed by atoms with Crippen LogP contribution in [0, 0.1) is 5.82 Å². The molecule has 0 saturated carbocycles. The third-order valence-electron chi connectivity index (χ3n) is 4.81. The molecule has 4 heterocycles. The van der Waals surface area contributed by atoms with Crippen molar-refractivity contribution < 1.29 is 13.9 Å². The van der Waals surface area contributed by atoms with Crippen LogP contribution in [0.15, 0.2) is 76.7 Å². The summed E-state index contributed by atoms with van der Waals surface area (Å²) in [5, 5.41) is 6.27. The highest BCUT2D eigenvalue weighted by Crippen LogP contribution is 2.30. The Labute approximate surface area is 186 Å². The number of amides is 1. The maximum Gasteiger partial charge on any atom is 0.414 e. The minimum atomic E-state index is -0.475. The van der Waals surface area contributed by atoms with E-state index in [0.29, 0.717) is 23.7 Å². The van der Waals surface area contributed by atoms with E-state index in [-0.39, 0.29) is 6.10 Å². The molecule has 0 unspecified atom stereocenters. The Bertz CT molecular complexity index is 1200. The van der Waals surface area contributed by atoms with Crippen LogP contribution in [0.25, 0.3) is 16.9 Å². The number of cyclic esters (lactones) is 1. The van der Waals surface area contributed by atoms with Crippen LogP contribution in [0.4, 0.5) is 14.9 Å². The first-order valence-corrected chi connectivity index (χ1v) is 11.4. The lowest BCUT2D eigenvalue weighted by molar-refractivity contribution is 0.151. The first kappa shape index (κ1) is 19.8. The summed E-state index contributed by atoms with van der Waals surface area (Å²) in [6, 6.07) is 14.3. The lowest BCUT2D eigenvalue weighted by Gasteiger charge is -2.14. The van der Waals surface area contributed by atoms with Gasteiger partial charge < -0.3 is 4.74 Å². The standard InChI is InChI=1S/C22H17FN4O2S2/c23-18-10-16(26-13-17(29-22(26)28)14-31-21-5-3-9-30-21)6-7-20(18)27-12-15(11-25-27)19-4-1-2-8-24-19/h1-12,17H,13-14H2/t17-/m1/s1. The molecule has 1 amide bonds. The smallest absolute Gasteiger partial charge is 0.414 e. The average Bonchev–Trinajstić information content (AvgIpc) is 3.54. The third-order valence-corrected chi connectivity index (χ3v) is 7.08. The molecule has 1 atom stereocenters. The van der Waals surface area contributed by atoms with Crippen molar-refractivity contribution in [2.24, 2.45) is 0 Å². The molecule has 31 heavy (non-hydrogen) atoms. The fraction of sp³-hybridized carbons (Fsp3) is 0.136. The number of benzene rings is 1. The van der Waals surface area contributed by atoms with Gasteiger partial charge in [-0.1, -0.05) is 12.1 Å². The molecule has 1 aliphatic heterocycles. The molecule has 156 valence electrons. The van der Waals surface area contributed by atoms with Crippen molar-refractivity contribution in [3.8, 4) is 16.9 Å². The molecule has 1 aromatic carbocycles. The summed E-state index contributed by atoms with van der Waals surface area (Å²) in [4.78, 5) is 18.1. The second-order valence-corrected chi connectivity index (χ2v) is 9.15. The van der Waals surface area contributed by atoms with E-state index in [0.717, 1.165) is 11.3 Å². The molecule has 1 fully saturated rings. The lowest BCUT2D eigenvalue weighted by Crippen LogP contribution is -2.25. The number of rotatable bonds is 6. The van der Waals surface area contributed by atoms with Gasteiger partial charge in [0.05, 0.1) is 28.3 Å². The van der Waals surface area contributed by atoms with Gasteiger partial charge in [0.25, 0.3) is 0 Å². The molecule has 0 bridgehead atoms. The fourth-order valence-corrected chi connectivity index (χ4v) is 5.10. The van der Waals surface area contributed by atoms with Crippen LogP contribution >= 0.6 is 23.1 Å². The molecule has 0 N–H and O–H groups in total. The minimum Gasteiger partial charge on any atom is -0.443 e. The molecular formula is C22H17FN4O2S2. The predicted molar refractivity (Wildman–Crippen MR) is 119 cm³/mol. The van der Waals surface area contributed by atoms with E-state index in [2.05, 4.69) is 10.1 Å². The van der Waals surface area contributed by atoms with E-state index in [4.69, 9.17) is 4.74 Å². The summed E-state index contributed by atoms with van der Waals surface area (Å²) in [7, 11) is 0. The third kappa shape index (κ3) is 4.19. The normalized spacial score (nSPS) is 16.0. The zero-order chi connectivity index (χ0) is 21.2. The summed E-state index contributed by atoms with van der Waals surface area (Å²) in [6.07, 6.45) is 4.37. The number of ether oxygens (including phenoxy) is 1. The average molecular weight is 453 g/mol. The first-order chi connectivity index (χ1) is 15.2. The predicted octanol–water partition coefficient (Wildman–Crippen LogP) is 5.25. The zero-order valence-electron chi connectivity index (χ0n) is 16.2. The van der Waals surface area contributed by atoms with Crippen LogP contribution in [0.2, 0.25) is 0 Å². The van der Waals surface area contributed by atoms with E-state index < -0.39 is 11.9 Å². The van der Waals surface area contributed by atoms with Crippen molar-refractivity contribution >= 4 is 34.9 Å². The summed E-state index contributed by atoms with van der Waals surface area (Å²) in [5.41, 5.74) is 2.31. The number of anilines is 1. The molecule has 5 rings (SSSR count). The van der Waals surface area contributed by atoms with Crippen LogP contribution in [0.3, 0.4) is 0 Å². The highest BCUT2D eigenvalue weighted by atomic mass is 32.2. The second-order valence-electron chi connectivity index (χ2n) is 6.88. The Hall–Kier alpha value is -3.17. The van der Waals surface area contributed by atoms with Crippen molar-refractivity contribution in [3.05, 3.63) is 78.3 Å². The molecule has 1 saturated heterocycles. The van der Waals surface area contributed by atoms with Crippen molar-refractivity contribution in [3.63, 3.8) is 0 Å². The van der Waals surface area contributed by atoms with Gasteiger partial charge in [-0.15, -0.1) is 23.1 Å². The number of pyridine rings is 1. The second kappa shape index (κ2) is 8.52. The lowest BCUT2D eigenvalue weighted by atomic mass is 10.2. The molecular weight excluding hydrogens is 435 g/mol. The fourth-order valence-electron chi connectivity index (χ4n) is 3.31. The molecule has 1 aliphatic rings. The first-order valence-electron chi connectivity index (χ1n) is 9.58. The van der Waals surface area contributed by atoms with Gasteiger partial charge in [0.1, 0.15) is 11.8 Å². The Kier molecular flexibility index (Phi) is 5.44. The maximum atomic E-state index is 14.9. The van der Waals surface area contributed by atoms with Gasteiger partial charge in [-0.3, -0.25) is 9.88 Å². The number of aromatic nitrogens is 3. The number of halogens is 1. The summed E-state index contributed by atoms with van der Waals surface area (Å²) < 4.78 is 23.0. The molecule has 4 aromatic rings. The zero-order valence-corrected chi connectivity index (χ0v) is 17.9. The number of thiophene rings is 1. The molecule has 6 nitrogen and oxygen atoms in total. The van der Waals surface area contributed by atoms with Gasteiger partial charge in [-0.25, -0.2) is 13.9 Å². The molecule has 9 heteroatoms. The Balaban J connectivity index is 1.30. The van der Waals surface area contributed by atoms with Gasteiger partial charge >= 0.3 is 6.09 Å². The summed E-state index contributed by atoms with van der Waals surface area (Å²) in [6.45, 7) is 0.390. The minimum absolute atomic E-state index is 0.241. The number of nitrogens with zero attached hydrogens (tertiary/aromatic N) is 4. The summed E-state index contributed by atoms with van der Waals surface area (Å²) >= 11 is 3.30. The number of hydrogen-bond donors (Lipinski definition) is 0. The van der Waals surface area contributed by atoms with E-state index in [1.807, 2.05) is 35.7 Å². The number of thioether (sulfide) groups is 1. The van der Waals surface area contributed by atoms with Crippen molar-refractivity contribution in [1.29, 1.82) is 0 Å². The Morgan fingerprint density at radius 2 is 2.16 bits per heavy atom.